The quantitative estimate of drug-likeness (QED) is 0.874. The second-order valence-electron chi connectivity index (χ2n) is 7.28. The maximum Gasteiger partial charge on any atom is 0.251 e. The molecule has 1 aliphatic heterocycles. The SMILES string of the molecule is CC(=O)N1CCc2cc(C(=O)N[C@H](c3cccs3)C3CCCC3)ccc21. The summed E-state index contributed by atoms with van der Waals surface area (Å²) in [6.07, 6.45) is 5.68. The van der Waals surface area contributed by atoms with Crippen LogP contribution >= 0.6 is 11.3 Å². The molecule has 0 radical (unpaired) electrons. The van der Waals surface area contributed by atoms with Crippen LogP contribution in [0.1, 0.15) is 59.4 Å². The van der Waals surface area contributed by atoms with Gasteiger partial charge in [0.1, 0.15) is 0 Å². The molecule has 1 aromatic carbocycles. The number of nitrogens with zero attached hydrogens (tertiary/aromatic N) is 1. The van der Waals surface area contributed by atoms with Crippen molar-refractivity contribution in [3.8, 4) is 0 Å². The third-order valence-electron chi connectivity index (χ3n) is 5.62. The number of anilines is 1. The highest BCUT2D eigenvalue weighted by Gasteiger charge is 2.29. The minimum absolute atomic E-state index is 0.0145. The molecule has 26 heavy (non-hydrogen) atoms. The van der Waals surface area contributed by atoms with Crippen LogP contribution in [0.25, 0.3) is 0 Å². The van der Waals surface area contributed by atoms with E-state index in [1.165, 1.54) is 30.6 Å². The molecule has 1 fully saturated rings. The third-order valence-corrected chi connectivity index (χ3v) is 6.58. The molecular formula is C21H24N2O2S. The van der Waals surface area contributed by atoms with E-state index in [-0.39, 0.29) is 17.9 Å². The summed E-state index contributed by atoms with van der Waals surface area (Å²) in [5.41, 5.74) is 2.72. The van der Waals surface area contributed by atoms with Gasteiger partial charge in [0.15, 0.2) is 0 Å². The lowest BCUT2D eigenvalue weighted by Gasteiger charge is -2.24. The van der Waals surface area contributed by atoms with Gasteiger partial charge in [-0.2, -0.15) is 0 Å². The summed E-state index contributed by atoms with van der Waals surface area (Å²) in [7, 11) is 0. The summed E-state index contributed by atoms with van der Waals surface area (Å²) in [6, 6.07) is 9.99. The summed E-state index contributed by atoms with van der Waals surface area (Å²) < 4.78 is 0. The van der Waals surface area contributed by atoms with Crippen LogP contribution in [0.3, 0.4) is 0 Å². The molecule has 2 aliphatic rings. The molecule has 2 amide bonds. The maximum atomic E-state index is 12.9. The smallest absolute Gasteiger partial charge is 0.251 e. The molecule has 1 N–H and O–H groups in total. The lowest BCUT2D eigenvalue weighted by molar-refractivity contribution is -0.116. The number of rotatable bonds is 4. The fourth-order valence-corrected chi connectivity index (χ4v) is 5.14. The highest BCUT2D eigenvalue weighted by atomic mass is 32.1. The Labute approximate surface area is 158 Å². The van der Waals surface area contributed by atoms with E-state index in [0.29, 0.717) is 18.0 Å². The summed E-state index contributed by atoms with van der Waals surface area (Å²) >= 11 is 1.72. The number of hydrogen-bond donors (Lipinski definition) is 1. The van der Waals surface area contributed by atoms with Gasteiger partial charge in [-0.15, -0.1) is 11.3 Å². The van der Waals surface area contributed by atoms with Crippen molar-refractivity contribution < 1.29 is 9.59 Å². The van der Waals surface area contributed by atoms with Gasteiger partial charge >= 0.3 is 0 Å². The number of thiophene rings is 1. The van der Waals surface area contributed by atoms with Crippen molar-refractivity contribution in [2.75, 3.05) is 11.4 Å². The molecule has 2 aromatic rings. The lowest BCUT2D eigenvalue weighted by atomic mass is 9.96. The zero-order valence-electron chi connectivity index (χ0n) is 15.0. The predicted molar refractivity (Wildman–Crippen MR) is 105 cm³/mol. The van der Waals surface area contributed by atoms with Gasteiger partial charge in [-0.1, -0.05) is 18.9 Å². The average molecular weight is 369 g/mol. The van der Waals surface area contributed by atoms with Gasteiger partial charge in [0.05, 0.1) is 6.04 Å². The van der Waals surface area contributed by atoms with Crippen LogP contribution in [0.4, 0.5) is 5.69 Å². The van der Waals surface area contributed by atoms with E-state index in [1.807, 2.05) is 18.2 Å². The molecule has 1 aliphatic carbocycles. The lowest BCUT2D eigenvalue weighted by Crippen LogP contribution is -2.32. The number of carbonyl (C=O) groups is 2. The van der Waals surface area contributed by atoms with Gasteiger partial charge in [0.25, 0.3) is 5.91 Å². The maximum absolute atomic E-state index is 12.9. The van der Waals surface area contributed by atoms with Gasteiger partial charge < -0.3 is 10.2 Å². The molecule has 1 saturated carbocycles. The first-order chi connectivity index (χ1) is 12.6. The van der Waals surface area contributed by atoms with Crippen molar-refractivity contribution >= 4 is 28.8 Å². The second-order valence-corrected chi connectivity index (χ2v) is 8.25. The Hall–Kier alpha value is -2.14. The van der Waals surface area contributed by atoms with E-state index in [2.05, 4.69) is 22.8 Å². The summed E-state index contributed by atoms with van der Waals surface area (Å²) in [5.74, 6) is 0.569. The first kappa shape index (κ1) is 17.3. The highest BCUT2D eigenvalue weighted by molar-refractivity contribution is 7.10. The van der Waals surface area contributed by atoms with Crippen LogP contribution in [0.5, 0.6) is 0 Å². The average Bonchev–Trinajstić information content (AvgIpc) is 3.40. The van der Waals surface area contributed by atoms with E-state index in [4.69, 9.17) is 0 Å². The Morgan fingerprint density at radius 1 is 1.23 bits per heavy atom. The van der Waals surface area contributed by atoms with Gasteiger partial charge in [0.2, 0.25) is 5.91 Å². The van der Waals surface area contributed by atoms with Gasteiger partial charge in [-0.3, -0.25) is 9.59 Å². The molecule has 0 bridgehead atoms. The molecular weight excluding hydrogens is 344 g/mol. The number of amides is 2. The molecule has 0 unspecified atom stereocenters. The van der Waals surface area contributed by atoms with Crippen molar-refractivity contribution in [3.05, 3.63) is 51.7 Å². The van der Waals surface area contributed by atoms with Gasteiger partial charge in [0, 0.05) is 29.6 Å². The molecule has 2 heterocycles. The van der Waals surface area contributed by atoms with E-state index in [9.17, 15) is 9.59 Å². The molecule has 0 spiro atoms. The second kappa shape index (κ2) is 7.23. The van der Waals surface area contributed by atoms with E-state index >= 15 is 0 Å². The minimum Gasteiger partial charge on any atom is -0.344 e. The molecule has 4 nitrogen and oxygen atoms in total. The Balaban J connectivity index is 1.54. The topological polar surface area (TPSA) is 49.4 Å². The third kappa shape index (κ3) is 3.28. The van der Waals surface area contributed by atoms with Crippen molar-refractivity contribution in [3.63, 3.8) is 0 Å². The molecule has 1 atom stereocenters. The van der Waals surface area contributed by atoms with Gasteiger partial charge in [-0.05, 0) is 60.4 Å². The van der Waals surface area contributed by atoms with E-state index < -0.39 is 0 Å². The molecule has 0 saturated heterocycles. The zero-order valence-corrected chi connectivity index (χ0v) is 15.8. The molecule has 136 valence electrons. The van der Waals surface area contributed by atoms with Crippen molar-refractivity contribution in [1.82, 2.24) is 5.32 Å². The number of nitrogens with one attached hydrogen (secondary N) is 1. The molecule has 4 rings (SSSR count). The van der Waals surface area contributed by atoms with Crippen LogP contribution in [-0.4, -0.2) is 18.4 Å². The number of benzene rings is 1. The first-order valence-corrected chi connectivity index (χ1v) is 10.3. The Morgan fingerprint density at radius 3 is 2.73 bits per heavy atom. The fourth-order valence-electron chi connectivity index (χ4n) is 4.27. The monoisotopic (exact) mass is 368 g/mol. The minimum atomic E-state index is -0.0145. The predicted octanol–water partition coefficient (Wildman–Crippen LogP) is 4.32. The van der Waals surface area contributed by atoms with E-state index in [0.717, 1.165) is 17.7 Å². The van der Waals surface area contributed by atoms with Crippen LogP contribution in [-0.2, 0) is 11.2 Å². The molecule has 5 heteroatoms. The largest absolute Gasteiger partial charge is 0.344 e. The van der Waals surface area contributed by atoms with Crippen LogP contribution in [0.15, 0.2) is 35.7 Å². The number of fused-ring (bicyclic) bond motifs is 1. The summed E-state index contributed by atoms with van der Waals surface area (Å²) in [5, 5.41) is 5.37. The van der Waals surface area contributed by atoms with Crippen molar-refractivity contribution in [2.45, 2.75) is 45.1 Å². The van der Waals surface area contributed by atoms with Crippen LogP contribution < -0.4 is 10.2 Å². The number of carbonyl (C=O) groups excluding carboxylic acids is 2. The normalized spacial score (nSPS) is 18.0. The Morgan fingerprint density at radius 2 is 2.04 bits per heavy atom. The summed E-state index contributed by atoms with van der Waals surface area (Å²) in [6.45, 7) is 2.29. The number of hydrogen-bond acceptors (Lipinski definition) is 3. The first-order valence-electron chi connectivity index (χ1n) is 9.39. The van der Waals surface area contributed by atoms with Crippen LogP contribution in [0.2, 0.25) is 0 Å². The van der Waals surface area contributed by atoms with E-state index in [1.54, 1.807) is 23.2 Å². The summed E-state index contributed by atoms with van der Waals surface area (Å²) in [4.78, 5) is 27.7. The molecule has 1 aromatic heterocycles. The zero-order chi connectivity index (χ0) is 18.1. The standard InChI is InChI=1S/C21H24N2O2S/c1-14(24)23-11-10-16-13-17(8-9-18(16)23)21(25)22-20(15-5-2-3-6-15)19-7-4-12-26-19/h4,7-9,12-13,15,20H,2-3,5-6,10-11H2,1H3,(H,22,25)/t20-/m0/s1. The highest BCUT2D eigenvalue weighted by Crippen LogP contribution is 2.37. The van der Waals surface area contributed by atoms with Crippen LogP contribution in [0, 0.1) is 5.92 Å². The van der Waals surface area contributed by atoms with Crippen molar-refractivity contribution in [2.24, 2.45) is 5.92 Å². The Bertz CT molecular complexity index is 809. The fraction of sp³-hybridized carbons (Fsp3) is 0.429. The Kier molecular flexibility index (Phi) is 4.81. The van der Waals surface area contributed by atoms with Gasteiger partial charge in [-0.25, -0.2) is 0 Å². The van der Waals surface area contributed by atoms with Crippen molar-refractivity contribution in [1.29, 1.82) is 0 Å².